The van der Waals surface area contributed by atoms with Crippen LogP contribution in [0.5, 0.6) is 11.5 Å². The van der Waals surface area contributed by atoms with Gasteiger partial charge in [-0.05, 0) is 46.3 Å². The highest BCUT2D eigenvalue weighted by Gasteiger charge is 2.15. The highest BCUT2D eigenvalue weighted by Crippen LogP contribution is 2.33. The van der Waals surface area contributed by atoms with Crippen molar-refractivity contribution in [3.05, 3.63) is 50.1 Å². The highest BCUT2D eigenvalue weighted by molar-refractivity contribution is 9.11. The summed E-state index contributed by atoms with van der Waals surface area (Å²) >= 11 is 6.60. The van der Waals surface area contributed by atoms with E-state index in [0.29, 0.717) is 18.0 Å². The van der Waals surface area contributed by atoms with Gasteiger partial charge in [0, 0.05) is 22.9 Å². The Morgan fingerprint density at radius 1 is 1.19 bits per heavy atom. The number of thiophene rings is 1. The van der Waals surface area contributed by atoms with Gasteiger partial charge in [-0.3, -0.25) is 4.79 Å². The zero-order valence-electron chi connectivity index (χ0n) is 15.2. The summed E-state index contributed by atoms with van der Waals surface area (Å²) in [6.07, 6.45) is 0.285. The van der Waals surface area contributed by atoms with Crippen molar-refractivity contribution in [3.8, 4) is 22.1 Å². The van der Waals surface area contributed by atoms with Gasteiger partial charge >= 0.3 is 0 Å². The summed E-state index contributed by atoms with van der Waals surface area (Å²) < 4.78 is 11.7. The SMILES string of the molecule is COc1ccc(-c2nc(CC(=O)N(C)Cc3ccc(Br)s3)cs2)cc1OC. The average Bonchev–Trinajstić information content (AvgIpc) is 3.30. The fourth-order valence-corrected chi connectivity index (χ4v) is 4.89. The molecule has 27 heavy (non-hydrogen) atoms. The van der Waals surface area contributed by atoms with Gasteiger partial charge in [0.25, 0.3) is 0 Å². The number of aromatic nitrogens is 1. The molecule has 142 valence electrons. The molecule has 0 saturated carbocycles. The number of halogens is 1. The van der Waals surface area contributed by atoms with E-state index in [1.54, 1.807) is 30.5 Å². The van der Waals surface area contributed by atoms with Crippen molar-refractivity contribution in [1.82, 2.24) is 9.88 Å². The summed E-state index contributed by atoms with van der Waals surface area (Å²) in [5.41, 5.74) is 1.71. The van der Waals surface area contributed by atoms with Crippen LogP contribution in [-0.4, -0.2) is 37.1 Å². The maximum atomic E-state index is 12.5. The normalized spacial score (nSPS) is 10.7. The van der Waals surface area contributed by atoms with Crippen molar-refractivity contribution in [3.63, 3.8) is 0 Å². The number of ether oxygens (including phenoxy) is 2. The summed E-state index contributed by atoms with van der Waals surface area (Å²) in [7, 11) is 5.03. The summed E-state index contributed by atoms with van der Waals surface area (Å²) in [5.74, 6) is 1.38. The van der Waals surface area contributed by atoms with Crippen molar-refractivity contribution in [2.24, 2.45) is 0 Å². The van der Waals surface area contributed by atoms with E-state index in [1.165, 1.54) is 11.3 Å². The second-order valence-electron chi connectivity index (χ2n) is 5.85. The van der Waals surface area contributed by atoms with Gasteiger partial charge in [0.15, 0.2) is 11.5 Å². The number of likely N-dealkylation sites (N-methyl/N-ethyl adjacent to an activating group) is 1. The Kier molecular flexibility index (Phi) is 6.51. The first-order valence-electron chi connectivity index (χ1n) is 8.15. The first-order valence-corrected chi connectivity index (χ1v) is 10.6. The zero-order chi connectivity index (χ0) is 19.4. The molecule has 0 aliphatic rings. The van der Waals surface area contributed by atoms with Gasteiger partial charge in [0.05, 0.1) is 36.7 Å². The van der Waals surface area contributed by atoms with Crippen LogP contribution < -0.4 is 9.47 Å². The monoisotopic (exact) mass is 466 g/mol. The third-order valence-corrected chi connectivity index (χ3v) is 6.51. The van der Waals surface area contributed by atoms with E-state index in [4.69, 9.17) is 9.47 Å². The first-order chi connectivity index (χ1) is 13.0. The lowest BCUT2D eigenvalue weighted by molar-refractivity contribution is -0.129. The minimum Gasteiger partial charge on any atom is -0.493 e. The first kappa shape index (κ1) is 19.9. The van der Waals surface area contributed by atoms with Crippen LogP contribution in [-0.2, 0) is 17.8 Å². The number of amides is 1. The number of carbonyl (C=O) groups is 1. The number of carbonyl (C=O) groups excluding carboxylic acids is 1. The van der Waals surface area contributed by atoms with Gasteiger partial charge in [-0.1, -0.05) is 0 Å². The lowest BCUT2D eigenvalue weighted by Crippen LogP contribution is -2.27. The molecule has 1 aromatic carbocycles. The lowest BCUT2D eigenvalue weighted by atomic mass is 10.2. The van der Waals surface area contributed by atoms with E-state index in [-0.39, 0.29) is 12.3 Å². The molecule has 2 heterocycles. The minimum absolute atomic E-state index is 0.0451. The standard InChI is InChI=1S/C19H19BrN2O3S2/c1-22(10-14-5-7-17(20)27-14)18(23)9-13-11-26-19(21-13)12-4-6-15(24-2)16(8-12)25-3/h4-8,11H,9-10H2,1-3H3. The molecule has 0 saturated heterocycles. The smallest absolute Gasteiger partial charge is 0.228 e. The number of methoxy groups -OCH3 is 2. The van der Waals surface area contributed by atoms with Gasteiger partial charge < -0.3 is 14.4 Å². The molecular formula is C19H19BrN2O3S2. The molecule has 0 fully saturated rings. The molecule has 0 N–H and O–H groups in total. The molecule has 0 spiro atoms. The summed E-state index contributed by atoms with van der Waals surface area (Å²) in [5, 5.41) is 2.78. The van der Waals surface area contributed by atoms with Crippen molar-refractivity contribution < 1.29 is 14.3 Å². The fraction of sp³-hybridized carbons (Fsp3) is 0.263. The molecule has 0 aliphatic heterocycles. The number of rotatable bonds is 7. The molecular weight excluding hydrogens is 448 g/mol. The third kappa shape index (κ3) is 4.88. The fourth-order valence-electron chi connectivity index (χ4n) is 2.54. The van der Waals surface area contributed by atoms with E-state index >= 15 is 0 Å². The van der Waals surface area contributed by atoms with Crippen LogP contribution in [0.3, 0.4) is 0 Å². The maximum absolute atomic E-state index is 12.5. The minimum atomic E-state index is 0.0451. The van der Waals surface area contributed by atoms with Crippen LogP contribution in [0.2, 0.25) is 0 Å². The van der Waals surface area contributed by atoms with Crippen LogP contribution >= 0.6 is 38.6 Å². The van der Waals surface area contributed by atoms with Crippen molar-refractivity contribution in [1.29, 1.82) is 0 Å². The van der Waals surface area contributed by atoms with Gasteiger partial charge in [-0.2, -0.15) is 0 Å². The van der Waals surface area contributed by atoms with E-state index in [2.05, 4.69) is 20.9 Å². The van der Waals surface area contributed by atoms with Crippen molar-refractivity contribution >= 4 is 44.5 Å². The summed E-state index contributed by atoms with van der Waals surface area (Å²) in [6, 6.07) is 9.70. The number of thiazole rings is 1. The molecule has 5 nitrogen and oxygen atoms in total. The maximum Gasteiger partial charge on any atom is 0.228 e. The molecule has 0 unspecified atom stereocenters. The second-order valence-corrected chi connectivity index (χ2v) is 9.25. The number of hydrogen-bond acceptors (Lipinski definition) is 6. The van der Waals surface area contributed by atoms with E-state index in [1.807, 2.05) is 42.8 Å². The summed E-state index contributed by atoms with van der Waals surface area (Å²) in [6.45, 7) is 0.599. The molecule has 0 bridgehead atoms. The average molecular weight is 467 g/mol. The van der Waals surface area contributed by atoms with E-state index in [9.17, 15) is 4.79 Å². The number of benzene rings is 1. The number of nitrogens with zero attached hydrogens (tertiary/aromatic N) is 2. The molecule has 0 aliphatic carbocycles. The van der Waals surface area contributed by atoms with Gasteiger partial charge in [0.2, 0.25) is 5.91 Å². The van der Waals surface area contributed by atoms with Crippen molar-refractivity contribution in [2.45, 2.75) is 13.0 Å². The van der Waals surface area contributed by atoms with E-state index in [0.717, 1.165) is 24.9 Å². The molecule has 2 aromatic heterocycles. The Bertz CT molecular complexity index is 939. The van der Waals surface area contributed by atoms with Crippen LogP contribution in [0.15, 0.2) is 39.5 Å². The largest absolute Gasteiger partial charge is 0.493 e. The molecule has 3 rings (SSSR count). The molecule has 1 amide bonds. The predicted octanol–water partition coefficient (Wildman–Crippen LogP) is 4.85. The Morgan fingerprint density at radius 2 is 1.96 bits per heavy atom. The van der Waals surface area contributed by atoms with Crippen molar-refractivity contribution in [2.75, 3.05) is 21.3 Å². The Hall–Kier alpha value is -1.90. The second kappa shape index (κ2) is 8.86. The quantitative estimate of drug-likeness (QED) is 0.499. The zero-order valence-corrected chi connectivity index (χ0v) is 18.4. The van der Waals surface area contributed by atoms with Crippen LogP contribution in [0.25, 0.3) is 10.6 Å². The molecule has 8 heteroatoms. The highest BCUT2D eigenvalue weighted by atomic mass is 79.9. The van der Waals surface area contributed by atoms with Crippen LogP contribution in [0.4, 0.5) is 0 Å². The van der Waals surface area contributed by atoms with E-state index < -0.39 is 0 Å². The Morgan fingerprint density at radius 3 is 2.63 bits per heavy atom. The van der Waals surface area contributed by atoms with Gasteiger partial charge in [-0.15, -0.1) is 22.7 Å². The number of hydrogen-bond donors (Lipinski definition) is 0. The Balaban J connectivity index is 1.67. The molecule has 0 radical (unpaired) electrons. The summed E-state index contributed by atoms with van der Waals surface area (Å²) in [4.78, 5) is 20.0. The van der Waals surface area contributed by atoms with Gasteiger partial charge in [-0.25, -0.2) is 4.98 Å². The Labute approximate surface area is 174 Å². The predicted molar refractivity (Wildman–Crippen MR) is 113 cm³/mol. The molecule has 3 aromatic rings. The third-order valence-electron chi connectivity index (χ3n) is 3.96. The lowest BCUT2D eigenvalue weighted by Gasteiger charge is -2.15. The van der Waals surface area contributed by atoms with Crippen LogP contribution in [0.1, 0.15) is 10.6 Å². The topological polar surface area (TPSA) is 51.7 Å². The van der Waals surface area contributed by atoms with Gasteiger partial charge in [0.1, 0.15) is 5.01 Å². The molecule has 0 atom stereocenters. The van der Waals surface area contributed by atoms with Crippen LogP contribution in [0, 0.1) is 0 Å².